The minimum absolute atomic E-state index is 0.0830. The van der Waals surface area contributed by atoms with Crippen LogP contribution in [0.3, 0.4) is 0 Å². The van der Waals surface area contributed by atoms with Crippen LogP contribution in [0, 0.1) is 0 Å². The van der Waals surface area contributed by atoms with Crippen LogP contribution in [0.5, 0.6) is 0 Å². The molecule has 1 saturated heterocycles. The zero-order valence-electron chi connectivity index (χ0n) is 13.6. The SMILES string of the molecule is CC1(C)CC(OCC(O)COC(=O)C(I)(I)I)CC(C)(C)N1[O]. The Balaban J connectivity index is 2.44. The van der Waals surface area contributed by atoms with Crippen molar-refractivity contribution in [1.29, 1.82) is 0 Å². The number of aliphatic hydroxyl groups excluding tert-OH is 1. The van der Waals surface area contributed by atoms with Gasteiger partial charge in [-0.25, -0.2) is 4.79 Å². The predicted molar refractivity (Wildman–Crippen MR) is 111 cm³/mol. The quantitative estimate of drug-likeness (QED) is 0.268. The molecule has 1 aliphatic rings. The van der Waals surface area contributed by atoms with Crippen LogP contribution in [-0.2, 0) is 19.5 Å². The molecule has 1 heterocycles. The summed E-state index contributed by atoms with van der Waals surface area (Å²) in [6.07, 6.45) is 0.227. The Morgan fingerprint density at radius 1 is 1.22 bits per heavy atom. The minimum atomic E-state index is -0.873. The van der Waals surface area contributed by atoms with Gasteiger partial charge >= 0.3 is 5.97 Å². The van der Waals surface area contributed by atoms with Gasteiger partial charge in [0, 0.05) is 11.1 Å². The van der Waals surface area contributed by atoms with Crippen LogP contribution in [0.2, 0.25) is 0 Å². The highest BCUT2D eigenvalue weighted by atomic mass is 127. The van der Waals surface area contributed by atoms with Crippen LogP contribution in [-0.4, -0.2) is 52.1 Å². The lowest BCUT2D eigenvalue weighted by molar-refractivity contribution is -0.302. The van der Waals surface area contributed by atoms with Crippen LogP contribution < -0.4 is 0 Å². The van der Waals surface area contributed by atoms with Gasteiger partial charge in [0.05, 0.1) is 12.7 Å². The fourth-order valence-corrected chi connectivity index (χ4v) is 3.31. The summed E-state index contributed by atoms with van der Waals surface area (Å²) in [6, 6.07) is 0. The maximum atomic E-state index is 12.3. The van der Waals surface area contributed by atoms with Crippen LogP contribution in [0.1, 0.15) is 40.5 Å². The number of esters is 1. The summed E-state index contributed by atoms with van der Waals surface area (Å²) in [5.74, 6) is -0.389. The summed E-state index contributed by atoms with van der Waals surface area (Å²) in [4.78, 5) is 11.6. The Kier molecular flexibility index (Phi) is 8.29. The average molecular weight is 666 g/mol. The van der Waals surface area contributed by atoms with Crippen molar-refractivity contribution in [3.63, 3.8) is 0 Å². The van der Waals surface area contributed by atoms with Gasteiger partial charge in [-0.2, -0.15) is 0 Å². The Labute approximate surface area is 178 Å². The van der Waals surface area contributed by atoms with E-state index < -0.39 is 16.6 Å². The van der Waals surface area contributed by atoms with Gasteiger partial charge in [0.2, 0.25) is -0.565 Å². The first-order valence-electron chi connectivity index (χ1n) is 7.27. The van der Waals surface area contributed by atoms with Crippen molar-refractivity contribution in [2.45, 2.75) is 63.3 Å². The van der Waals surface area contributed by atoms with Gasteiger partial charge in [-0.05, 0) is 108 Å². The second-order valence-electron chi connectivity index (χ2n) is 7.03. The molecule has 0 aromatic rings. The Hall–Kier alpha value is 1.50. The van der Waals surface area contributed by atoms with E-state index in [-0.39, 0.29) is 25.3 Å². The predicted octanol–water partition coefficient (Wildman–Crippen LogP) is 3.23. The van der Waals surface area contributed by atoms with Crippen molar-refractivity contribution in [1.82, 2.24) is 5.06 Å². The number of hydrogen-bond acceptors (Lipinski definition) is 5. The van der Waals surface area contributed by atoms with Gasteiger partial charge in [-0.1, -0.05) is 0 Å². The molecular formula is C14H23I3NO5. The molecule has 1 unspecified atom stereocenters. The maximum Gasteiger partial charge on any atom is 0.342 e. The summed E-state index contributed by atoms with van der Waals surface area (Å²) in [7, 11) is 0. The monoisotopic (exact) mass is 666 g/mol. The molecule has 6 nitrogen and oxygen atoms in total. The van der Waals surface area contributed by atoms with Gasteiger partial charge in [0.1, 0.15) is 12.7 Å². The van der Waals surface area contributed by atoms with E-state index in [2.05, 4.69) is 0 Å². The molecule has 135 valence electrons. The number of halogens is 3. The topological polar surface area (TPSA) is 78.9 Å². The smallest absolute Gasteiger partial charge is 0.342 e. The largest absolute Gasteiger partial charge is 0.461 e. The van der Waals surface area contributed by atoms with Gasteiger partial charge in [-0.3, -0.25) is 0 Å². The first kappa shape index (κ1) is 22.5. The maximum absolute atomic E-state index is 12.3. The fourth-order valence-electron chi connectivity index (χ4n) is 2.84. The number of rotatable bonds is 6. The third-order valence-electron chi connectivity index (χ3n) is 3.72. The lowest BCUT2D eigenvalue weighted by atomic mass is 9.80. The summed E-state index contributed by atoms with van der Waals surface area (Å²) in [5, 5.41) is 23.3. The highest BCUT2D eigenvalue weighted by Gasteiger charge is 2.46. The van der Waals surface area contributed by atoms with E-state index in [1.165, 1.54) is 0 Å². The van der Waals surface area contributed by atoms with Crippen LogP contribution in [0.15, 0.2) is 0 Å². The molecule has 0 spiro atoms. The molecule has 1 N–H and O–H groups in total. The molecule has 1 radical (unpaired) electrons. The van der Waals surface area contributed by atoms with Crippen LogP contribution >= 0.6 is 67.8 Å². The molecule has 0 bridgehead atoms. The molecule has 1 fully saturated rings. The van der Waals surface area contributed by atoms with E-state index in [4.69, 9.17) is 9.47 Å². The number of carbonyl (C=O) groups is 1. The van der Waals surface area contributed by atoms with Gasteiger partial charge < -0.3 is 14.6 Å². The first-order valence-corrected chi connectivity index (χ1v) is 10.5. The van der Waals surface area contributed by atoms with E-state index in [1.807, 2.05) is 95.5 Å². The Morgan fingerprint density at radius 3 is 2.13 bits per heavy atom. The number of alkyl halides is 3. The normalized spacial score (nSPS) is 23.5. The minimum Gasteiger partial charge on any atom is -0.461 e. The zero-order chi connectivity index (χ0) is 18.1. The van der Waals surface area contributed by atoms with Gasteiger partial charge in [0.15, 0.2) is 0 Å². The summed E-state index contributed by atoms with van der Waals surface area (Å²) in [6.45, 7) is 7.58. The molecule has 0 aromatic carbocycles. The molecule has 0 aliphatic carbocycles. The number of carbonyl (C=O) groups excluding carboxylic acids is 1. The third kappa shape index (κ3) is 6.96. The lowest BCUT2D eigenvalue weighted by Gasteiger charge is -2.49. The number of nitrogens with zero attached hydrogens (tertiary/aromatic N) is 1. The third-order valence-corrected chi connectivity index (χ3v) is 5.04. The second kappa shape index (κ2) is 8.46. The van der Waals surface area contributed by atoms with Crippen molar-refractivity contribution >= 4 is 73.7 Å². The van der Waals surface area contributed by atoms with Gasteiger partial charge in [-0.15, -0.1) is 10.3 Å². The number of hydroxylamine groups is 2. The van der Waals surface area contributed by atoms with Crippen molar-refractivity contribution in [3.05, 3.63) is 0 Å². The highest BCUT2D eigenvalue weighted by Crippen LogP contribution is 2.38. The second-order valence-corrected chi connectivity index (χ2v) is 18.1. The fraction of sp³-hybridized carbons (Fsp3) is 0.929. The molecule has 0 saturated carbocycles. The zero-order valence-corrected chi connectivity index (χ0v) is 20.1. The van der Waals surface area contributed by atoms with E-state index in [9.17, 15) is 15.1 Å². The number of aliphatic hydroxyl groups is 1. The van der Waals surface area contributed by atoms with Crippen molar-refractivity contribution in [2.24, 2.45) is 0 Å². The lowest BCUT2D eigenvalue weighted by Crippen LogP contribution is -2.60. The van der Waals surface area contributed by atoms with E-state index >= 15 is 0 Å². The van der Waals surface area contributed by atoms with Gasteiger partial charge in [0.25, 0.3) is 0 Å². The van der Waals surface area contributed by atoms with E-state index in [0.717, 1.165) is 5.06 Å². The average Bonchev–Trinajstić information content (AvgIpc) is 2.38. The molecule has 0 aromatic heterocycles. The molecule has 1 aliphatic heterocycles. The first-order chi connectivity index (χ1) is 10.3. The van der Waals surface area contributed by atoms with Crippen LogP contribution in [0.25, 0.3) is 0 Å². The molecular weight excluding hydrogens is 643 g/mol. The standard InChI is InChI=1S/C14H23I3NO5/c1-12(2)5-10(6-13(3,4)18(12)21)22-7-9(19)8-23-11(20)14(15,16)17/h9-10,19H,5-8H2,1-4H3. The van der Waals surface area contributed by atoms with Crippen LogP contribution in [0.4, 0.5) is 0 Å². The number of piperidine rings is 1. The van der Waals surface area contributed by atoms with Crippen molar-refractivity contribution in [2.75, 3.05) is 13.2 Å². The molecule has 9 heteroatoms. The summed E-state index contributed by atoms with van der Waals surface area (Å²) in [5.41, 5.74) is -1.01. The Bertz CT molecular complexity index is 407. The van der Waals surface area contributed by atoms with Crippen molar-refractivity contribution in [3.8, 4) is 0 Å². The molecule has 1 atom stereocenters. The number of ether oxygens (including phenoxy) is 2. The summed E-state index contributed by atoms with van der Waals surface area (Å²) < 4.78 is 10.1. The molecule has 0 amide bonds. The Morgan fingerprint density at radius 2 is 1.70 bits per heavy atom. The molecule has 23 heavy (non-hydrogen) atoms. The highest BCUT2D eigenvalue weighted by molar-refractivity contribution is 14.3. The number of hydrogen-bond donors (Lipinski definition) is 1. The van der Waals surface area contributed by atoms with Crippen molar-refractivity contribution < 1.29 is 24.6 Å². The summed E-state index contributed by atoms with van der Waals surface area (Å²) >= 11 is 5.90. The molecule has 1 rings (SSSR count). The van der Waals surface area contributed by atoms with E-state index in [1.54, 1.807) is 0 Å². The van der Waals surface area contributed by atoms with E-state index in [0.29, 0.717) is 12.8 Å².